The Labute approximate surface area is 180 Å². The Morgan fingerprint density at radius 2 is 1.90 bits per heavy atom. The maximum absolute atomic E-state index is 12.5. The number of aryl methyl sites for hydroxylation is 1. The lowest BCUT2D eigenvalue weighted by atomic mass is 10.2. The monoisotopic (exact) mass is 426 g/mol. The van der Waals surface area contributed by atoms with E-state index in [0.717, 1.165) is 10.9 Å². The molecule has 7 heteroatoms. The Bertz CT molecular complexity index is 983. The van der Waals surface area contributed by atoms with Gasteiger partial charge in [0.05, 0.1) is 6.04 Å². The molecule has 1 N–H and O–H groups in total. The number of nitrogens with one attached hydrogen (secondary N) is 1. The van der Waals surface area contributed by atoms with Crippen LogP contribution >= 0.6 is 23.4 Å². The van der Waals surface area contributed by atoms with Crippen molar-refractivity contribution in [2.75, 3.05) is 0 Å². The fourth-order valence-corrected chi connectivity index (χ4v) is 3.84. The first-order chi connectivity index (χ1) is 14.0. The third-order valence-corrected chi connectivity index (χ3v) is 5.68. The Kier molecular flexibility index (Phi) is 7.12. The van der Waals surface area contributed by atoms with Gasteiger partial charge in [-0.05, 0) is 43.7 Å². The van der Waals surface area contributed by atoms with E-state index in [1.807, 2.05) is 11.5 Å². The largest absolute Gasteiger partial charge is 0.342 e. The molecule has 3 aromatic rings. The van der Waals surface area contributed by atoms with Crippen LogP contribution in [0.2, 0.25) is 5.02 Å². The summed E-state index contributed by atoms with van der Waals surface area (Å²) in [6, 6.07) is 14.9. The zero-order valence-corrected chi connectivity index (χ0v) is 18.0. The number of hydrogen-bond acceptors (Lipinski definition) is 4. The highest BCUT2D eigenvalue weighted by Gasteiger charge is 2.20. The van der Waals surface area contributed by atoms with Gasteiger partial charge in [0.25, 0.3) is 5.91 Å². The molecule has 0 saturated carbocycles. The van der Waals surface area contributed by atoms with Crippen molar-refractivity contribution in [3.05, 3.63) is 88.7 Å². The van der Waals surface area contributed by atoms with E-state index in [-0.39, 0.29) is 11.9 Å². The van der Waals surface area contributed by atoms with Crippen molar-refractivity contribution in [3.63, 3.8) is 0 Å². The normalized spacial score (nSPS) is 11.8. The van der Waals surface area contributed by atoms with Crippen molar-refractivity contribution in [1.29, 1.82) is 0 Å². The number of allylic oxidation sites excluding steroid dienone is 1. The van der Waals surface area contributed by atoms with Crippen LogP contribution in [0.15, 0.2) is 66.3 Å². The third-order valence-electron chi connectivity index (χ3n) is 4.39. The topological polar surface area (TPSA) is 59.8 Å². The first kappa shape index (κ1) is 21.1. The van der Waals surface area contributed by atoms with Crippen molar-refractivity contribution < 1.29 is 4.79 Å². The van der Waals surface area contributed by atoms with E-state index in [0.29, 0.717) is 23.0 Å². The molecule has 1 unspecified atom stereocenters. The van der Waals surface area contributed by atoms with Gasteiger partial charge in [0.15, 0.2) is 11.0 Å². The second-order valence-electron chi connectivity index (χ2n) is 6.72. The van der Waals surface area contributed by atoms with Crippen LogP contribution in [-0.2, 0) is 12.3 Å². The zero-order chi connectivity index (χ0) is 20.8. The van der Waals surface area contributed by atoms with E-state index in [1.165, 1.54) is 11.1 Å². The minimum absolute atomic E-state index is 0.184. The predicted octanol–water partition coefficient (Wildman–Crippen LogP) is 5.21. The van der Waals surface area contributed by atoms with Crippen LogP contribution in [-0.4, -0.2) is 20.7 Å². The fraction of sp³-hybridized carbons (Fsp3) is 0.227. The fourth-order valence-electron chi connectivity index (χ4n) is 2.81. The first-order valence-corrected chi connectivity index (χ1v) is 10.6. The van der Waals surface area contributed by atoms with E-state index in [2.05, 4.69) is 53.3 Å². The Morgan fingerprint density at radius 1 is 1.21 bits per heavy atom. The summed E-state index contributed by atoms with van der Waals surface area (Å²) in [6.45, 7) is 8.37. The molecule has 0 bridgehead atoms. The van der Waals surface area contributed by atoms with Crippen LogP contribution in [0.3, 0.4) is 0 Å². The van der Waals surface area contributed by atoms with Gasteiger partial charge in [-0.2, -0.15) is 0 Å². The van der Waals surface area contributed by atoms with E-state index in [9.17, 15) is 4.79 Å². The number of amides is 1. The van der Waals surface area contributed by atoms with Gasteiger partial charge in [-0.25, -0.2) is 0 Å². The molecule has 1 amide bonds. The van der Waals surface area contributed by atoms with Gasteiger partial charge >= 0.3 is 0 Å². The van der Waals surface area contributed by atoms with E-state index >= 15 is 0 Å². The van der Waals surface area contributed by atoms with Gasteiger partial charge in [0.1, 0.15) is 0 Å². The highest BCUT2D eigenvalue weighted by Crippen LogP contribution is 2.24. The van der Waals surface area contributed by atoms with Crippen LogP contribution in [0.25, 0.3) is 0 Å². The number of rotatable bonds is 8. The highest BCUT2D eigenvalue weighted by atomic mass is 35.5. The van der Waals surface area contributed by atoms with E-state index < -0.39 is 0 Å². The van der Waals surface area contributed by atoms with Gasteiger partial charge < -0.3 is 9.88 Å². The van der Waals surface area contributed by atoms with Crippen molar-refractivity contribution >= 4 is 29.3 Å². The molecule has 0 saturated heterocycles. The molecule has 1 aromatic heterocycles. The van der Waals surface area contributed by atoms with Crippen molar-refractivity contribution in [1.82, 2.24) is 20.1 Å². The number of carbonyl (C=O) groups excluding carboxylic acids is 1. The van der Waals surface area contributed by atoms with Crippen LogP contribution in [0.1, 0.15) is 40.3 Å². The number of nitrogens with zero attached hydrogens (tertiary/aromatic N) is 3. The summed E-state index contributed by atoms with van der Waals surface area (Å²) >= 11 is 7.51. The summed E-state index contributed by atoms with van der Waals surface area (Å²) in [5, 5.41) is 13.0. The lowest BCUT2D eigenvalue weighted by Crippen LogP contribution is -2.28. The second-order valence-corrected chi connectivity index (χ2v) is 8.10. The molecule has 0 aliphatic rings. The lowest BCUT2D eigenvalue weighted by Gasteiger charge is -2.15. The molecule has 29 heavy (non-hydrogen) atoms. The number of halogens is 1. The van der Waals surface area contributed by atoms with Crippen LogP contribution in [0.5, 0.6) is 0 Å². The SMILES string of the molecule is C=CCn1c(SCc2ccc(C)cc2)nnc1C(C)NC(=O)c1ccc(Cl)cc1. The summed E-state index contributed by atoms with van der Waals surface area (Å²) in [5.41, 5.74) is 3.01. The number of carbonyl (C=O) groups is 1. The summed E-state index contributed by atoms with van der Waals surface area (Å²) in [4.78, 5) is 12.5. The number of benzene rings is 2. The number of hydrogen-bond donors (Lipinski definition) is 1. The smallest absolute Gasteiger partial charge is 0.251 e. The third kappa shape index (κ3) is 5.49. The Morgan fingerprint density at radius 3 is 2.55 bits per heavy atom. The Hall–Kier alpha value is -2.57. The van der Waals surface area contributed by atoms with Crippen LogP contribution < -0.4 is 5.32 Å². The molecule has 1 heterocycles. The zero-order valence-electron chi connectivity index (χ0n) is 16.4. The molecule has 3 rings (SSSR count). The summed E-state index contributed by atoms with van der Waals surface area (Å²) < 4.78 is 1.98. The summed E-state index contributed by atoms with van der Waals surface area (Å²) in [5.74, 6) is 1.30. The molecule has 1 atom stereocenters. The Balaban J connectivity index is 1.72. The standard InChI is InChI=1S/C22H23ClN4OS/c1-4-13-27-20(16(3)24-21(28)18-9-11-19(23)12-10-18)25-26-22(27)29-14-17-7-5-15(2)6-8-17/h4-12,16H,1,13-14H2,2-3H3,(H,24,28). The van der Waals surface area contributed by atoms with E-state index in [1.54, 1.807) is 42.1 Å². The maximum Gasteiger partial charge on any atom is 0.251 e. The summed E-state index contributed by atoms with van der Waals surface area (Å²) in [6.07, 6.45) is 1.80. The average molecular weight is 427 g/mol. The number of aromatic nitrogens is 3. The molecule has 0 aliphatic carbocycles. The van der Waals surface area contributed by atoms with Gasteiger partial charge in [-0.1, -0.05) is 59.3 Å². The van der Waals surface area contributed by atoms with Crippen molar-refractivity contribution in [3.8, 4) is 0 Å². The minimum atomic E-state index is -0.306. The molecular weight excluding hydrogens is 404 g/mol. The maximum atomic E-state index is 12.5. The first-order valence-electron chi connectivity index (χ1n) is 9.26. The van der Waals surface area contributed by atoms with Gasteiger partial charge in [-0.15, -0.1) is 16.8 Å². The van der Waals surface area contributed by atoms with E-state index in [4.69, 9.17) is 11.6 Å². The quantitative estimate of drug-likeness (QED) is 0.396. The van der Waals surface area contributed by atoms with Gasteiger partial charge in [-0.3, -0.25) is 4.79 Å². The van der Waals surface area contributed by atoms with Crippen LogP contribution in [0.4, 0.5) is 0 Å². The van der Waals surface area contributed by atoms with Gasteiger partial charge in [0.2, 0.25) is 0 Å². The number of thioether (sulfide) groups is 1. The molecule has 0 spiro atoms. The van der Waals surface area contributed by atoms with Crippen LogP contribution in [0, 0.1) is 6.92 Å². The molecule has 5 nitrogen and oxygen atoms in total. The molecule has 0 aliphatic heterocycles. The molecule has 0 radical (unpaired) electrons. The molecule has 150 valence electrons. The highest BCUT2D eigenvalue weighted by molar-refractivity contribution is 7.98. The van der Waals surface area contributed by atoms with Gasteiger partial charge in [0, 0.05) is 22.9 Å². The van der Waals surface area contributed by atoms with Crippen molar-refractivity contribution in [2.45, 2.75) is 37.3 Å². The minimum Gasteiger partial charge on any atom is -0.342 e. The second kappa shape index (κ2) is 9.76. The average Bonchev–Trinajstić information content (AvgIpc) is 3.11. The molecular formula is C22H23ClN4OS. The van der Waals surface area contributed by atoms with Crippen molar-refractivity contribution in [2.24, 2.45) is 0 Å². The lowest BCUT2D eigenvalue weighted by molar-refractivity contribution is 0.0937. The predicted molar refractivity (Wildman–Crippen MR) is 118 cm³/mol. The molecule has 2 aromatic carbocycles. The summed E-state index contributed by atoms with van der Waals surface area (Å²) in [7, 11) is 0. The molecule has 0 fully saturated rings.